The lowest BCUT2D eigenvalue weighted by molar-refractivity contribution is -0.0153. The van der Waals surface area contributed by atoms with E-state index in [2.05, 4.69) is 25.1 Å². The maximum absolute atomic E-state index is 13.2. The van der Waals surface area contributed by atoms with Crippen molar-refractivity contribution >= 4 is 10.1 Å². The molecule has 3 aliphatic rings. The SMILES string of the molecule is COc1ccc2c(c1)CC[C@@H]1[C@@H]2CC[C@@]2(C)[C@H]1C[C@@H](CN)[C@@H]2OS(=O)(=O)c1ccc(C)cc1. The predicted octanol–water partition coefficient (Wildman–Crippen LogP) is 4.82. The van der Waals surface area contributed by atoms with E-state index in [0.717, 1.165) is 43.4 Å². The number of ether oxygens (including phenoxy) is 1. The topological polar surface area (TPSA) is 78.6 Å². The van der Waals surface area contributed by atoms with Crippen LogP contribution in [0, 0.1) is 30.1 Å². The molecule has 0 aromatic heterocycles. The third kappa shape index (κ3) is 3.80. The highest BCUT2D eigenvalue weighted by atomic mass is 32.2. The molecule has 0 unspecified atom stereocenters. The van der Waals surface area contributed by atoms with E-state index in [9.17, 15) is 8.42 Å². The van der Waals surface area contributed by atoms with Gasteiger partial charge < -0.3 is 10.5 Å². The van der Waals surface area contributed by atoms with Crippen molar-refractivity contribution in [1.82, 2.24) is 0 Å². The van der Waals surface area contributed by atoms with Gasteiger partial charge >= 0.3 is 0 Å². The lowest BCUT2D eigenvalue weighted by atomic mass is 9.55. The minimum absolute atomic E-state index is 0.0521. The van der Waals surface area contributed by atoms with Gasteiger partial charge in [0.25, 0.3) is 10.1 Å². The van der Waals surface area contributed by atoms with Crippen LogP contribution in [0.5, 0.6) is 5.75 Å². The van der Waals surface area contributed by atoms with Crippen molar-refractivity contribution in [3.05, 3.63) is 59.2 Å². The zero-order valence-electron chi connectivity index (χ0n) is 19.8. The monoisotopic (exact) mass is 469 g/mol. The Bertz CT molecular complexity index is 1130. The normalized spacial score (nSPS) is 33.2. The van der Waals surface area contributed by atoms with Crippen molar-refractivity contribution in [3.8, 4) is 5.75 Å². The molecule has 33 heavy (non-hydrogen) atoms. The van der Waals surface area contributed by atoms with Crippen LogP contribution in [-0.2, 0) is 20.7 Å². The van der Waals surface area contributed by atoms with Gasteiger partial charge in [-0.25, -0.2) is 0 Å². The molecule has 0 radical (unpaired) electrons. The van der Waals surface area contributed by atoms with Gasteiger partial charge in [-0.2, -0.15) is 8.42 Å². The molecule has 2 aromatic rings. The second-order valence-electron chi connectivity index (χ2n) is 10.5. The zero-order valence-corrected chi connectivity index (χ0v) is 20.6. The third-order valence-electron chi connectivity index (χ3n) is 8.85. The molecule has 5 nitrogen and oxygen atoms in total. The first-order valence-electron chi connectivity index (χ1n) is 12.1. The zero-order chi connectivity index (χ0) is 23.4. The van der Waals surface area contributed by atoms with Crippen molar-refractivity contribution in [2.24, 2.45) is 28.9 Å². The van der Waals surface area contributed by atoms with Gasteiger partial charge in [0, 0.05) is 0 Å². The predicted molar refractivity (Wildman–Crippen MR) is 129 cm³/mol. The molecular weight excluding hydrogens is 434 g/mol. The van der Waals surface area contributed by atoms with E-state index < -0.39 is 10.1 Å². The number of hydrogen-bond acceptors (Lipinski definition) is 5. The van der Waals surface area contributed by atoms with E-state index in [4.69, 9.17) is 14.7 Å². The standard InChI is InChI=1S/C27H35NO4S/c1-17-4-8-21(9-5-17)33(29,30)32-26-19(16-28)15-25-24-10-6-18-14-20(31-3)7-11-22(18)23(24)12-13-27(25,26)2/h4-5,7-9,11,14,19,23-26H,6,10,12-13,15-16,28H2,1-3H3/t19-,23+,24+,25-,26-,27-/m0/s1. The maximum Gasteiger partial charge on any atom is 0.297 e. The molecule has 2 saturated carbocycles. The van der Waals surface area contributed by atoms with E-state index in [1.54, 1.807) is 19.2 Å². The summed E-state index contributed by atoms with van der Waals surface area (Å²) in [4.78, 5) is 0.227. The fraction of sp³-hybridized carbons (Fsp3) is 0.556. The summed E-state index contributed by atoms with van der Waals surface area (Å²) < 4.78 is 37.9. The molecule has 0 amide bonds. The summed E-state index contributed by atoms with van der Waals surface area (Å²) in [7, 11) is -2.13. The Balaban J connectivity index is 1.44. The number of rotatable bonds is 5. The van der Waals surface area contributed by atoms with Crippen LogP contribution in [-0.4, -0.2) is 28.2 Å². The van der Waals surface area contributed by atoms with Crippen LogP contribution in [0.1, 0.15) is 55.2 Å². The van der Waals surface area contributed by atoms with Crippen LogP contribution in [0.2, 0.25) is 0 Å². The Morgan fingerprint density at radius 3 is 2.58 bits per heavy atom. The lowest BCUT2D eigenvalue weighted by Gasteiger charge is -2.50. The Morgan fingerprint density at radius 2 is 1.88 bits per heavy atom. The molecule has 0 heterocycles. The molecule has 6 atom stereocenters. The molecule has 2 aromatic carbocycles. The number of hydrogen-bond donors (Lipinski definition) is 1. The molecule has 5 rings (SSSR count). The van der Waals surface area contributed by atoms with E-state index in [1.807, 2.05) is 19.1 Å². The molecule has 0 bridgehead atoms. The molecule has 0 aliphatic heterocycles. The first kappa shape index (κ1) is 22.9. The minimum Gasteiger partial charge on any atom is -0.497 e. The molecule has 0 spiro atoms. The summed E-state index contributed by atoms with van der Waals surface area (Å²) in [5.41, 5.74) is 9.90. The van der Waals surface area contributed by atoms with E-state index in [1.165, 1.54) is 11.1 Å². The fourth-order valence-electron chi connectivity index (χ4n) is 7.12. The Kier molecular flexibility index (Phi) is 5.82. The van der Waals surface area contributed by atoms with E-state index in [-0.39, 0.29) is 22.3 Å². The van der Waals surface area contributed by atoms with Gasteiger partial charge in [0.1, 0.15) is 5.75 Å². The van der Waals surface area contributed by atoms with Gasteiger partial charge in [0.2, 0.25) is 0 Å². The fourth-order valence-corrected chi connectivity index (χ4v) is 8.35. The van der Waals surface area contributed by atoms with Gasteiger partial charge in [-0.3, -0.25) is 4.18 Å². The van der Waals surface area contributed by atoms with Crippen molar-refractivity contribution < 1.29 is 17.3 Å². The van der Waals surface area contributed by atoms with Gasteiger partial charge in [0.15, 0.2) is 0 Å². The maximum atomic E-state index is 13.2. The number of nitrogens with two attached hydrogens (primary N) is 1. The average molecular weight is 470 g/mol. The van der Waals surface area contributed by atoms with Crippen molar-refractivity contribution in [1.29, 1.82) is 0 Å². The molecule has 0 saturated heterocycles. The second-order valence-corrected chi connectivity index (χ2v) is 12.1. The van der Waals surface area contributed by atoms with Crippen molar-refractivity contribution in [2.75, 3.05) is 13.7 Å². The summed E-state index contributed by atoms with van der Waals surface area (Å²) in [5.74, 6) is 2.44. The van der Waals surface area contributed by atoms with Gasteiger partial charge in [-0.1, -0.05) is 30.7 Å². The number of methoxy groups -OCH3 is 1. The molecule has 2 N–H and O–H groups in total. The van der Waals surface area contributed by atoms with Crippen LogP contribution in [0.4, 0.5) is 0 Å². The molecule has 178 valence electrons. The van der Waals surface area contributed by atoms with Crippen LogP contribution >= 0.6 is 0 Å². The minimum atomic E-state index is -3.85. The first-order valence-corrected chi connectivity index (χ1v) is 13.5. The Morgan fingerprint density at radius 1 is 1.12 bits per heavy atom. The highest BCUT2D eigenvalue weighted by molar-refractivity contribution is 7.86. The van der Waals surface area contributed by atoms with Crippen molar-refractivity contribution in [2.45, 2.75) is 62.9 Å². The van der Waals surface area contributed by atoms with Crippen LogP contribution in [0.3, 0.4) is 0 Å². The quantitative estimate of drug-likeness (QED) is 0.635. The molecule has 6 heteroatoms. The number of fused-ring (bicyclic) bond motifs is 5. The second kappa shape index (κ2) is 8.40. The largest absolute Gasteiger partial charge is 0.497 e. The van der Waals surface area contributed by atoms with E-state index in [0.29, 0.717) is 24.3 Å². The van der Waals surface area contributed by atoms with Gasteiger partial charge in [0.05, 0.1) is 18.1 Å². The Labute approximate surface area is 197 Å². The molecule has 3 aliphatic carbocycles. The first-order chi connectivity index (χ1) is 15.8. The van der Waals surface area contributed by atoms with Crippen LogP contribution in [0.25, 0.3) is 0 Å². The van der Waals surface area contributed by atoms with Gasteiger partial charge in [-0.15, -0.1) is 0 Å². The van der Waals surface area contributed by atoms with Gasteiger partial charge in [-0.05, 0) is 110 Å². The molecular formula is C27H35NO4S. The summed E-state index contributed by atoms with van der Waals surface area (Å²) in [6, 6.07) is 13.4. The van der Waals surface area contributed by atoms with Crippen molar-refractivity contribution in [3.63, 3.8) is 0 Å². The number of aryl methyl sites for hydroxylation is 2. The molecule has 2 fully saturated rings. The highest BCUT2D eigenvalue weighted by Crippen LogP contribution is 2.63. The summed E-state index contributed by atoms with van der Waals surface area (Å²) in [6.45, 7) is 4.65. The van der Waals surface area contributed by atoms with Crippen LogP contribution in [0.15, 0.2) is 47.4 Å². The lowest BCUT2D eigenvalue weighted by Crippen LogP contribution is -2.46. The summed E-state index contributed by atoms with van der Waals surface area (Å²) in [6.07, 6.45) is 4.74. The smallest absolute Gasteiger partial charge is 0.297 e. The Hall–Kier alpha value is -1.89. The third-order valence-corrected chi connectivity index (χ3v) is 10.2. The highest BCUT2D eigenvalue weighted by Gasteiger charge is 2.59. The van der Waals surface area contributed by atoms with Crippen LogP contribution < -0.4 is 10.5 Å². The average Bonchev–Trinajstić information content (AvgIpc) is 3.10. The summed E-state index contributed by atoms with van der Waals surface area (Å²) in [5, 5.41) is 0. The van der Waals surface area contributed by atoms with E-state index >= 15 is 0 Å². The number of benzene rings is 2. The summed E-state index contributed by atoms with van der Waals surface area (Å²) >= 11 is 0.